The molecule has 0 aromatic heterocycles. The van der Waals surface area contributed by atoms with Crippen molar-refractivity contribution in [3.8, 4) is 11.5 Å². The van der Waals surface area contributed by atoms with Crippen LogP contribution >= 0.6 is 11.8 Å². The Balaban J connectivity index is 1.37. The number of thioether (sulfide) groups is 1. The Morgan fingerprint density at radius 3 is 2.76 bits per heavy atom. The van der Waals surface area contributed by atoms with E-state index in [1.54, 1.807) is 23.1 Å². The lowest BCUT2D eigenvalue weighted by molar-refractivity contribution is -0.126. The number of carbonyl (C=O) groups excluding carboxylic acids is 3. The molecule has 10 nitrogen and oxygen atoms in total. The number of carbonyl (C=O) groups is 3. The van der Waals surface area contributed by atoms with Crippen molar-refractivity contribution in [2.24, 2.45) is 9.98 Å². The van der Waals surface area contributed by atoms with Crippen molar-refractivity contribution in [1.29, 1.82) is 0 Å². The van der Waals surface area contributed by atoms with Crippen LogP contribution in [0, 0.1) is 0 Å². The van der Waals surface area contributed by atoms with Crippen LogP contribution in [0.25, 0.3) is 0 Å². The van der Waals surface area contributed by atoms with E-state index in [9.17, 15) is 14.4 Å². The molecule has 3 aliphatic heterocycles. The Morgan fingerprint density at radius 2 is 1.95 bits per heavy atom. The second-order valence-corrected chi connectivity index (χ2v) is 10.2. The van der Waals surface area contributed by atoms with E-state index in [1.165, 1.54) is 11.8 Å². The first-order valence-corrected chi connectivity index (χ1v) is 13.6. The van der Waals surface area contributed by atoms with Crippen molar-refractivity contribution in [3.05, 3.63) is 48.0 Å². The zero-order valence-electron chi connectivity index (χ0n) is 21.2. The molecule has 3 amide bonds. The Hall–Kier alpha value is -3.86. The van der Waals surface area contributed by atoms with E-state index in [-0.39, 0.29) is 25.0 Å². The number of hydrogen-bond acceptors (Lipinski definition) is 8. The number of nitrogens with zero attached hydrogens (tertiary/aromatic N) is 3. The summed E-state index contributed by atoms with van der Waals surface area (Å²) in [4.78, 5) is 49.8. The van der Waals surface area contributed by atoms with Crippen LogP contribution in [-0.4, -0.2) is 58.3 Å². The minimum atomic E-state index is -0.819. The lowest BCUT2D eigenvalue weighted by Crippen LogP contribution is -2.46. The normalized spacial score (nSPS) is 17.8. The number of hydrogen-bond donors (Lipinski definition) is 2. The predicted molar refractivity (Wildman–Crippen MR) is 146 cm³/mol. The number of unbranched alkanes of at least 4 members (excludes halogenated alkanes) is 1. The molecule has 0 saturated heterocycles. The molecule has 2 aromatic carbocycles. The van der Waals surface area contributed by atoms with Crippen LogP contribution in [0.2, 0.25) is 0 Å². The first-order valence-electron chi connectivity index (χ1n) is 12.7. The molecule has 0 radical (unpaired) electrons. The molecular weight excluding hydrogens is 506 g/mol. The Morgan fingerprint density at radius 1 is 1.13 bits per heavy atom. The van der Waals surface area contributed by atoms with Gasteiger partial charge in [-0.05, 0) is 37.1 Å². The second-order valence-electron chi connectivity index (χ2n) is 9.05. The highest BCUT2D eigenvalue weighted by molar-refractivity contribution is 8.15. The highest BCUT2D eigenvalue weighted by Gasteiger charge is 2.43. The van der Waals surface area contributed by atoms with Gasteiger partial charge in [0.05, 0.1) is 17.4 Å². The third kappa shape index (κ3) is 5.24. The summed E-state index contributed by atoms with van der Waals surface area (Å²) in [6.45, 7) is 4.67. The van der Waals surface area contributed by atoms with Crippen LogP contribution in [0.15, 0.2) is 52.4 Å². The molecule has 198 valence electrons. The van der Waals surface area contributed by atoms with Crippen LogP contribution in [0.4, 0.5) is 11.4 Å². The predicted octanol–water partition coefficient (Wildman–Crippen LogP) is 3.83. The molecule has 0 bridgehead atoms. The average molecular weight is 536 g/mol. The number of amides is 3. The van der Waals surface area contributed by atoms with Gasteiger partial charge in [-0.3, -0.25) is 19.3 Å². The van der Waals surface area contributed by atoms with Gasteiger partial charge in [0.15, 0.2) is 16.7 Å². The molecule has 2 N–H and O–H groups in total. The highest BCUT2D eigenvalue weighted by Crippen LogP contribution is 2.37. The number of para-hydroxylation sites is 1. The quantitative estimate of drug-likeness (QED) is 0.468. The largest absolute Gasteiger partial charge is 0.454 e. The zero-order valence-corrected chi connectivity index (χ0v) is 22.0. The maximum atomic E-state index is 13.3. The molecule has 0 aliphatic carbocycles. The Labute approximate surface area is 224 Å². The first kappa shape index (κ1) is 25.8. The fourth-order valence-electron chi connectivity index (χ4n) is 4.38. The second kappa shape index (κ2) is 11.3. The van der Waals surface area contributed by atoms with Crippen LogP contribution in [0.3, 0.4) is 0 Å². The topological polar surface area (TPSA) is 122 Å². The minimum Gasteiger partial charge on any atom is -0.454 e. The van der Waals surface area contributed by atoms with Gasteiger partial charge in [0.2, 0.25) is 18.6 Å². The minimum absolute atomic E-state index is 0.0442. The van der Waals surface area contributed by atoms with Crippen LogP contribution < -0.4 is 20.1 Å². The molecule has 0 spiro atoms. The molecule has 5 rings (SSSR count). The van der Waals surface area contributed by atoms with Gasteiger partial charge < -0.3 is 20.1 Å². The van der Waals surface area contributed by atoms with Gasteiger partial charge in [0.25, 0.3) is 5.91 Å². The van der Waals surface area contributed by atoms with E-state index in [0.29, 0.717) is 46.8 Å². The van der Waals surface area contributed by atoms with Gasteiger partial charge in [0.1, 0.15) is 11.9 Å². The molecule has 2 aromatic rings. The maximum Gasteiger partial charge on any atom is 0.271 e. The van der Waals surface area contributed by atoms with Crippen LogP contribution in [0.5, 0.6) is 11.5 Å². The third-order valence-corrected chi connectivity index (χ3v) is 7.72. The van der Waals surface area contributed by atoms with E-state index in [2.05, 4.69) is 15.6 Å². The fourth-order valence-corrected chi connectivity index (χ4v) is 5.45. The van der Waals surface area contributed by atoms with Gasteiger partial charge in [-0.25, -0.2) is 4.99 Å². The number of ether oxygens (including phenoxy) is 2. The van der Waals surface area contributed by atoms with E-state index in [0.717, 1.165) is 18.4 Å². The smallest absolute Gasteiger partial charge is 0.271 e. The Kier molecular flexibility index (Phi) is 7.64. The SMILES string of the molecule is CCCCNC(=O)CC1C(=O)N=C2c3ccccc3N=C(SC(CC)C(=O)Nc3ccc4c(c3)OCO4)N21. The summed E-state index contributed by atoms with van der Waals surface area (Å²) in [7, 11) is 0. The van der Waals surface area contributed by atoms with Crippen LogP contribution in [-0.2, 0) is 14.4 Å². The fraction of sp³-hybridized carbons (Fsp3) is 0.370. The van der Waals surface area contributed by atoms with E-state index in [1.807, 2.05) is 38.1 Å². The molecule has 3 aliphatic rings. The van der Waals surface area contributed by atoms with Gasteiger partial charge in [-0.1, -0.05) is 44.2 Å². The molecular formula is C27H29N5O5S. The summed E-state index contributed by atoms with van der Waals surface area (Å²) in [6.07, 6.45) is 2.29. The number of aliphatic imine (C=N–C) groups is 2. The Bertz CT molecular complexity index is 1330. The number of rotatable bonds is 9. The van der Waals surface area contributed by atoms with Crippen molar-refractivity contribution in [2.45, 2.75) is 50.8 Å². The lowest BCUT2D eigenvalue weighted by atomic mass is 10.1. The molecule has 2 unspecified atom stereocenters. The number of fused-ring (bicyclic) bond motifs is 4. The summed E-state index contributed by atoms with van der Waals surface area (Å²) in [6, 6.07) is 11.8. The standard InChI is InChI=1S/C27H29N5O5S/c1-3-5-12-28-23(33)14-19-25(34)31-24-17-8-6-7-9-18(17)30-27(32(19)24)38-22(4-2)26(35)29-16-10-11-20-21(13-16)37-15-36-20/h6-11,13,19,22H,3-5,12,14-15H2,1-2H3,(H,28,33)(H,29,35). The highest BCUT2D eigenvalue weighted by atomic mass is 32.2. The van der Waals surface area contributed by atoms with Crippen molar-refractivity contribution in [3.63, 3.8) is 0 Å². The summed E-state index contributed by atoms with van der Waals surface area (Å²) in [5, 5.41) is 5.77. The molecule has 11 heteroatoms. The van der Waals surface area contributed by atoms with Crippen molar-refractivity contribution in [2.75, 3.05) is 18.7 Å². The van der Waals surface area contributed by atoms with Crippen molar-refractivity contribution < 1.29 is 23.9 Å². The van der Waals surface area contributed by atoms with E-state index in [4.69, 9.17) is 14.5 Å². The molecule has 3 heterocycles. The van der Waals surface area contributed by atoms with E-state index >= 15 is 0 Å². The monoisotopic (exact) mass is 535 g/mol. The number of benzene rings is 2. The van der Waals surface area contributed by atoms with Crippen LogP contribution in [0.1, 0.15) is 45.1 Å². The number of amidine groups is 2. The maximum absolute atomic E-state index is 13.3. The van der Waals surface area contributed by atoms with Gasteiger partial charge >= 0.3 is 0 Å². The molecule has 38 heavy (non-hydrogen) atoms. The molecule has 0 fully saturated rings. The zero-order chi connectivity index (χ0) is 26.6. The summed E-state index contributed by atoms with van der Waals surface area (Å²) >= 11 is 1.26. The van der Waals surface area contributed by atoms with E-state index < -0.39 is 17.2 Å². The van der Waals surface area contributed by atoms with Gasteiger partial charge in [-0.2, -0.15) is 4.99 Å². The summed E-state index contributed by atoms with van der Waals surface area (Å²) in [5.74, 6) is 0.844. The average Bonchev–Trinajstić information content (AvgIpc) is 3.51. The number of nitrogens with one attached hydrogen (secondary N) is 2. The van der Waals surface area contributed by atoms with Gasteiger partial charge in [-0.15, -0.1) is 0 Å². The summed E-state index contributed by atoms with van der Waals surface area (Å²) < 4.78 is 10.8. The van der Waals surface area contributed by atoms with Gasteiger partial charge in [0, 0.05) is 23.9 Å². The number of anilines is 1. The molecule has 0 saturated carbocycles. The van der Waals surface area contributed by atoms with Crippen molar-refractivity contribution >= 4 is 51.9 Å². The van der Waals surface area contributed by atoms with Crippen molar-refractivity contribution in [1.82, 2.24) is 10.2 Å². The third-order valence-electron chi connectivity index (χ3n) is 6.39. The molecule has 2 atom stereocenters. The summed E-state index contributed by atoms with van der Waals surface area (Å²) in [5.41, 5.74) is 1.98. The lowest BCUT2D eigenvalue weighted by Gasteiger charge is -2.32. The first-order chi connectivity index (χ1) is 18.5.